The lowest BCUT2D eigenvalue weighted by Gasteiger charge is -2.21. The van der Waals surface area contributed by atoms with E-state index in [4.69, 9.17) is 0 Å². The Morgan fingerprint density at radius 3 is 1.36 bits per heavy atom. The van der Waals surface area contributed by atoms with Gasteiger partial charge < -0.3 is 0 Å². The first-order valence-corrected chi connectivity index (χ1v) is 4.78. The summed E-state index contributed by atoms with van der Waals surface area (Å²) in [6.45, 7) is 2.52. The van der Waals surface area contributed by atoms with Gasteiger partial charge in [0.15, 0.2) is 9.84 Å². The van der Waals surface area contributed by atoms with Crippen molar-refractivity contribution in [3.05, 3.63) is 6.92 Å². The highest BCUT2D eigenvalue weighted by atomic mass is 32.2. The fourth-order valence-corrected chi connectivity index (χ4v) is 1.76. The standard InChI is InChI=1S/C5H5F6O2S/c1-2-14(12,13)3(4(6,7)8)5(9,10)11/h3H,1-2H2. The zero-order chi connectivity index (χ0) is 11.8. The molecule has 0 unspecified atom stereocenters. The van der Waals surface area contributed by atoms with Crippen molar-refractivity contribution in [3.63, 3.8) is 0 Å². The Labute approximate surface area is 75.8 Å². The van der Waals surface area contributed by atoms with Gasteiger partial charge in [0, 0.05) is 0 Å². The Kier molecular flexibility index (Phi) is 3.47. The van der Waals surface area contributed by atoms with Crippen LogP contribution in [0.15, 0.2) is 0 Å². The van der Waals surface area contributed by atoms with Crippen molar-refractivity contribution in [1.29, 1.82) is 0 Å². The molecule has 2 nitrogen and oxygen atoms in total. The normalized spacial score (nSPS) is 14.9. The van der Waals surface area contributed by atoms with Crippen LogP contribution in [0, 0.1) is 6.92 Å². The number of sulfone groups is 1. The first-order valence-electron chi connectivity index (χ1n) is 3.07. The van der Waals surface area contributed by atoms with E-state index in [-0.39, 0.29) is 0 Å². The van der Waals surface area contributed by atoms with Crippen LogP contribution in [0.25, 0.3) is 0 Å². The van der Waals surface area contributed by atoms with Gasteiger partial charge in [0.05, 0.1) is 5.75 Å². The molecule has 0 atom stereocenters. The SMILES string of the molecule is [CH2]CS(=O)(=O)C(C(F)(F)F)C(F)(F)F. The molecule has 0 aromatic heterocycles. The van der Waals surface area contributed by atoms with Crippen LogP contribution in [0.5, 0.6) is 0 Å². The molecule has 0 N–H and O–H groups in total. The highest BCUT2D eigenvalue weighted by Gasteiger charge is 2.63. The van der Waals surface area contributed by atoms with Crippen molar-refractivity contribution in [2.75, 3.05) is 5.75 Å². The van der Waals surface area contributed by atoms with Gasteiger partial charge in [-0.2, -0.15) is 26.3 Å². The molecule has 0 aliphatic rings. The van der Waals surface area contributed by atoms with E-state index >= 15 is 0 Å². The van der Waals surface area contributed by atoms with Gasteiger partial charge in [0.25, 0.3) is 5.25 Å². The van der Waals surface area contributed by atoms with Crippen LogP contribution in [-0.2, 0) is 9.84 Å². The molecule has 0 bridgehead atoms. The summed E-state index contributed by atoms with van der Waals surface area (Å²) in [5, 5.41) is -4.35. The largest absolute Gasteiger partial charge is 0.414 e. The molecule has 0 saturated carbocycles. The van der Waals surface area contributed by atoms with Crippen molar-refractivity contribution in [2.45, 2.75) is 17.6 Å². The molecule has 9 heteroatoms. The van der Waals surface area contributed by atoms with Gasteiger partial charge in [0.1, 0.15) is 0 Å². The van der Waals surface area contributed by atoms with Gasteiger partial charge in [-0.05, 0) is 6.92 Å². The van der Waals surface area contributed by atoms with Gasteiger partial charge in [-0.25, -0.2) is 8.42 Å². The molecule has 14 heavy (non-hydrogen) atoms. The quantitative estimate of drug-likeness (QED) is 0.692. The van der Waals surface area contributed by atoms with E-state index in [1.165, 1.54) is 0 Å². The number of rotatable bonds is 2. The summed E-state index contributed by atoms with van der Waals surface area (Å²) in [5.41, 5.74) is 0. The van der Waals surface area contributed by atoms with E-state index in [2.05, 4.69) is 6.92 Å². The Balaban J connectivity index is 5.38. The van der Waals surface area contributed by atoms with Crippen molar-refractivity contribution in [2.24, 2.45) is 0 Å². The minimum absolute atomic E-state index is 1.46. The average Bonchev–Trinajstić information content (AvgIpc) is 1.79. The fraction of sp³-hybridized carbons (Fsp3) is 0.800. The summed E-state index contributed by atoms with van der Waals surface area (Å²) in [4.78, 5) is 0. The van der Waals surface area contributed by atoms with Gasteiger partial charge in [-0.15, -0.1) is 0 Å². The molecule has 0 spiro atoms. The highest BCUT2D eigenvalue weighted by Crippen LogP contribution is 2.38. The van der Waals surface area contributed by atoms with Crippen LogP contribution < -0.4 is 0 Å². The van der Waals surface area contributed by atoms with E-state index in [0.717, 1.165) is 0 Å². The van der Waals surface area contributed by atoms with Crippen LogP contribution >= 0.6 is 0 Å². The lowest BCUT2D eigenvalue weighted by atomic mass is 10.4. The average molecular weight is 243 g/mol. The molecule has 85 valence electrons. The van der Waals surface area contributed by atoms with Crippen LogP contribution in [0.2, 0.25) is 0 Å². The number of hydrogen-bond acceptors (Lipinski definition) is 2. The van der Waals surface area contributed by atoms with Crippen LogP contribution in [-0.4, -0.2) is 31.8 Å². The lowest BCUT2D eigenvalue weighted by Crippen LogP contribution is -2.48. The summed E-state index contributed by atoms with van der Waals surface area (Å²) < 4.78 is 91.6. The highest BCUT2D eigenvalue weighted by molar-refractivity contribution is 7.92. The lowest BCUT2D eigenvalue weighted by molar-refractivity contribution is -0.226. The zero-order valence-corrected chi connectivity index (χ0v) is 7.30. The molecule has 0 aliphatic carbocycles. The molecule has 0 rings (SSSR count). The molecule has 1 radical (unpaired) electrons. The summed E-state index contributed by atoms with van der Waals surface area (Å²) in [6.07, 6.45) is -11.7. The van der Waals surface area contributed by atoms with Gasteiger partial charge >= 0.3 is 12.4 Å². The maximum atomic E-state index is 11.8. The Bertz CT molecular complexity index is 272. The monoisotopic (exact) mass is 243 g/mol. The molecule has 0 aromatic rings. The minimum Gasteiger partial charge on any atom is -0.228 e. The summed E-state index contributed by atoms with van der Waals surface area (Å²) in [5.74, 6) is -1.46. The minimum atomic E-state index is -5.87. The van der Waals surface area contributed by atoms with E-state index in [0.29, 0.717) is 0 Å². The number of hydrogen-bond donors (Lipinski definition) is 0. The van der Waals surface area contributed by atoms with Crippen molar-refractivity contribution < 1.29 is 34.8 Å². The first-order chi connectivity index (χ1) is 5.93. The van der Waals surface area contributed by atoms with Crippen molar-refractivity contribution in [1.82, 2.24) is 0 Å². The van der Waals surface area contributed by atoms with Crippen LogP contribution in [0.1, 0.15) is 0 Å². The Hall–Kier alpha value is -0.470. The van der Waals surface area contributed by atoms with E-state index < -0.39 is 33.2 Å². The number of halogens is 6. The number of alkyl halides is 6. The summed E-state index contributed by atoms with van der Waals surface area (Å²) in [7, 11) is -5.34. The van der Waals surface area contributed by atoms with Crippen molar-refractivity contribution in [3.8, 4) is 0 Å². The zero-order valence-electron chi connectivity index (χ0n) is 6.48. The van der Waals surface area contributed by atoms with E-state index in [1.54, 1.807) is 0 Å². The molecule has 0 heterocycles. The summed E-state index contributed by atoms with van der Waals surface area (Å²) >= 11 is 0. The second-order valence-electron chi connectivity index (χ2n) is 2.33. The Morgan fingerprint density at radius 2 is 1.29 bits per heavy atom. The topological polar surface area (TPSA) is 34.1 Å². The molecule has 0 aliphatic heterocycles. The van der Waals surface area contributed by atoms with Crippen LogP contribution in [0.3, 0.4) is 0 Å². The second kappa shape index (κ2) is 3.59. The second-order valence-corrected chi connectivity index (χ2v) is 4.54. The molecule has 0 aromatic carbocycles. The van der Waals surface area contributed by atoms with Gasteiger partial charge in [-0.3, -0.25) is 0 Å². The van der Waals surface area contributed by atoms with E-state index in [1.807, 2.05) is 0 Å². The third-order valence-electron chi connectivity index (χ3n) is 1.24. The third-order valence-corrected chi connectivity index (χ3v) is 3.06. The first kappa shape index (κ1) is 13.5. The van der Waals surface area contributed by atoms with Gasteiger partial charge in [0.2, 0.25) is 0 Å². The molecule has 0 fully saturated rings. The van der Waals surface area contributed by atoms with Crippen LogP contribution in [0.4, 0.5) is 26.3 Å². The van der Waals surface area contributed by atoms with E-state index in [9.17, 15) is 34.8 Å². The maximum absolute atomic E-state index is 11.8. The van der Waals surface area contributed by atoms with Gasteiger partial charge in [-0.1, -0.05) is 0 Å². The summed E-state index contributed by atoms with van der Waals surface area (Å²) in [6, 6.07) is 0. The molecule has 0 amide bonds. The molecule has 0 saturated heterocycles. The molecular weight excluding hydrogens is 238 g/mol. The van der Waals surface area contributed by atoms with Crippen molar-refractivity contribution >= 4 is 9.84 Å². The Morgan fingerprint density at radius 1 is 1.00 bits per heavy atom. The maximum Gasteiger partial charge on any atom is 0.414 e. The fourth-order valence-electron chi connectivity index (χ4n) is 0.711. The predicted octanol–water partition coefficient (Wildman–Crippen LogP) is 1.73. The smallest absolute Gasteiger partial charge is 0.228 e. The molecular formula is C5H5F6O2S. The third kappa shape index (κ3) is 3.03. The predicted molar refractivity (Wildman–Crippen MR) is 35.0 cm³/mol.